The number of nitrogens with zero attached hydrogens (tertiary/aromatic N) is 2. The summed E-state index contributed by atoms with van der Waals surface area (Å²) in [7, 11) is 0. The smallest absolute Gasteiger partial charge is 0.169 e. The minimum absolute atomic E-state index is 0.439. The van der Waals surface area contributed by atoms with Gasteiger partial charge >= 0.3 is 0 Å². The first-order valence-corrected chi connectivity index (χ1v) is 7.85. The van der Waals surface area contributed by atoms with Crippen LogP contribution in [0.4, 0.5) is 0 Å². The number of aryl methyl sites for hydroxylation is 1. The van der Waals surface area contributed by atoms with Gasteiger partial charge in [-0.15, -0.1) is 0 Å². The van der Waals surface area contributed by atoms with Crippen molar-refractivity contribution in [2.24, 2.45) is 0 Å². The van der Waals surface area contributed by atoms with Crippen LogP contribution in [-0.4, -0.2) is 14.7 Å². The van der Waals surface area contributed by atoms with E-state index in [-0.39, 0.29) is 0 Å². The molecule has 5 heteroatoms. The SMILES string of the molecule is CCCn1c(CC(O)c2ccc(Br)o2)nc2ccccc21. The maximum absolute atomic E-state index is 10.3. The van der Waals surface area contributed by atoms with Gasteiger partial charge in [0.15, 0.2) is 4.67 Å². The van der Waals surface area contributed by atoms with Crippen molar-refractivity contribution in [3.8, 4) is 0 Å². The minimum Gasteiger partial charge on any atom is -0.452 e. The van der Waals surface area contributed by atoms with Crippen molar-refractivity contribution in [3.05, 3.63) is 52.7 Å². The molecule has 21 heavy (non-hydrogen) atoms. The van der Waals surface area contributed by atoms with Crippen LogP contribution in [0.5, 0.6) is 0 Å². The van der Waals surface area contributed by atoms with E-state index in [0.717, 1.165) is 29.8 Å². The maximum atomic E-state index is 10.3. The Balaban J connectivity index is 1.94. The van der Waals surface area contributed by atoms with Crippen LogP contribution in [0, 0.1) is 0 Å². The number of fused-ring (bicyclic) bond motifs is 1. The van der Waals surface area contributed by atoms with Gasteiger partial charge in [0, 0.05) is 13.0 Å². The van der Waals surface area contributed by atoms with Crippen molar-refractivity contribution in [3.63, 3.8) is 0 Å². The fourth-order valence-electron chi connectivity index (χ4n) is 2.54. The highest BCUT2D eigenvalue weighted by atomic mass is 79.9. The molecule has 2 aromatic heterocycles. The molecule has 0 fully saturated rings. The average Bonchev–Trinajstić information content (AvgIpc) is 3.04. The zero-order valence-corrected chi connectivity index (χ0v) is 13.4. The Morgan fingerprint density at radius 1 is 1.29 bits per heavy atom. The number of benzene rings is 1. The lowest BCUT2D eigenvalue weighted by Crippen LogP contribution is -2.08. The molecule has 0 spiro atoms. The summed E-state index contributed by atoms with van der Waals surface area (Å²) in [4.78, 5) is 4.65. The molecule has 1 unspecified atom stereocenters. The van der Waals surface area contributed by atoms with Crippen molar-refractivity contribution in [1.29, 1.82) is 0 Å². The summed E-state index contributed by atoms with van der Waals surface area (Å²) in [5.74, 6) is 1.44. The number of para-hydroxylation sites is 2. The lowest BCUT2D eigenvalue weighted by molar-refractivity contribution is 0.145. The molecule has 1 atom stereocenters. The molecule has 0 aliphatic carbocycles. The van der Waals surface area contributed by atoms with Crippen LogP contribution in [0.1, 0.15) is 31.0 Å². The van der Waals surface area contributed by atoms with Gasteiger partial charge in [-0.2, -0.15) is 0 Å². The summed E-state index contributed by atoms with van der Waals surface area (Å²) in [6.45, 7) is 3.03. The van der Waals surface area contributed by atoms with Crippen LogP contribution >= 0.6 is 15.9 Å². The van der Waals surface area contributed by atoms with Crippen LogP contribution in [0.3, 0.4) is 0 Å². The highest BCUT2D eigenvalue weighted by Crippen LogP contribution is 2.25. The van der Waals surface area contributed by atoms with Gasteiger partial charge in [0.25, 0.3) is 0 Å². The number of imidazole rings is 1. The molecular formula is C16H17BrN2O2. The van der Waals surface area contributed by atoms with E-state index in [1.807, 2.05) is 18.2 Å². The van der Waals surface area contributed by atoms with Crippen molar-refractivity contribution < 1.29 is 9.52 Å². The zero-order valence-electron chi connectivity index (χ0n) is 11.8. The van der Waals surface area contributed by atoms with Gasteiger partial charge in [0.2, 0.25) is 0 Å². The zero-order chi connectivity index (χ0) is 14.8. The normalized spacial score (nSPS) is 12.9. The van der Waals surface area contributed by atoms with Gasteiger partial charge < -0.3 is 14.1 Å². The molecule has 3 aromatic rings. The summed E-state index contributed by atoms with van der Waals surface area (Å²) < 4.78 is 8.22. The van der Waals surface area contributed by atoms with E-state index in [1.54, 1.807) is 12.1 Å². The highest BCUT2D eigenvalue weighted by Gasteiger charge is 2.18. The third kappa shape index (κ3) is 2.89. The van der Waals surface area contributed by atoms with E-state index in [9.17, 15) is 5.11 Å². The molecule has 0 amide bonds. The van der Waals surface area contributed by atoms with Crippen LogP contribution in [-0.2, 0) is 13.0 Å². The standard InChI is InChI=1S/C16H17BrN2O2/c1-2-9-19-12-6-4-3-5-11(12)18-16(19)10-13(20)14-7-8-15(17)21-14/h3-8,13,20H,2,9-10H2,1H3. The summed E-state index contributed by atoms with van der Waals surface area (Å²) >= 11 is 3.25. The molecule has 1 N–H and O–H groups in total. The second-order valence-corrected chi connectivity index (χ2v) is 5.81. The Hall–Kier alpha value is -1.59. The molecule has 0 bridgehead atoms. The number of hydrogen-bond donors (Lipinski definition) is 1. The van der Waals surface area contributed by atoms with Gasteiger partial charge in [0.05, 0.1) is 11.0 Å². The second kappa shape index (κ2) is 6.03. The van der Waals surface area contributed by atoms with Crippen LogP contribution < -0.4 is 0 Å². The number of aromatic nitrogens is 2. The molecule has 0 aliphatic heterocycles. The van der Waals surface area contributed by atoms with Crippen LogP contribution in [0.25, 0.3) is 11.0 Å². The van der Waals surface area contributed by atoms with Crippen molar-refractivity contribution in [1.82, 2.24) is 9.55 Å². The van der Waals surface area contributed by atoms with E-state index < -0.39 is 6.10 Å². The van der Waals surface area contributed by atoms with Crippen LogP contribution in [0.2, 0.25) is 0 Å². The van der Waals surface area contributed by atoms with Crippen molar-refractivity contribution >= 4 is 27.0 Å². The number of halogens is 1. The first-order valence-electron chi connectivity index (χ1n) is 7.06. The molecule has 4 nitrogen and oxygen atoms in total. The second-order valence-electron chi connectivity index (χ2n) is 5.03. The quantitative estimate of drug-likeness (QED) is 0.755. The minimum atomic E-state index is -0.691. The van der Waals surface area contributed by atoms with Gasteiger partial charge in [-0.3, -0.25) is 0 Å². The van der Waals surface area contributed by atoms with E-state index in [1.165, 1.54) is 0 Å². The Kier molecular flexibility index (Phi) is 4.12. The predicted octanol–water partition coefficient (Wildman–Crippen LogP) is 4.08. The van der Waals surface area contributed by atoms with E-state index in [0.29, 0.717) is 16.9 Å². The first kappa shape index (κ1) is 14.4. The third-order valence-corrected chi connectivity index (χ3v) is 3.91. The summed E-state index contributed by atoms with van der Waals surface area (Å²) in [5.41, 5.74) is 2.08. The summed E-state index contributed by atoms with van der Waals surface area (Å²) in [5, 5.41) is 10.3. The summed E-state index contributed by atoms with van der Waals surface area (Å²) in [6, 6.07) is 11.6. The first-order chi connectivity index (χ1) is 10.2. The number of rotatable bonds is 5. The van der Waals surface area contributed by atoms with E-state index in [4.69, 9.17) is 4.42 Å². The van der Waals surface area contributed by atoms with E-state index >= 15 is 0 Å². The number of hydrogen-bond acceptors (Lipinski definition) is 3. The molecule has 1 aromatic carbocycles. The van der Waals surface area contributed by atoms with Crippen LogP contribution in [0.15, 0.2) is 45.5 Å². The van der Waals surface area contributed by atoms with Gasteiger partial charge in [0.1, 0.15) is 17.7 Å². The molecule has 0 saturated heterocycles. The van der Waals surface area contributed by atoms with Gasteiger partial charge in [-0.25, -0.2) is 4.98 Å². The topological polar surface area (TPSA) is 51.2 Å². The predicted molar refractivity (Wildman–Crippen MR) is 85.1 cm³/mol. The molecule has 2 heterocycles. The molecule has 0 aliphatic rings. The van der Waals surface area contributed by atoms with Crippen molar-refractivity contribution in [2.75, 3.05) is 0 Å². The average molecular weight is 349 g/mol. The lowest BCUT2D eigenvalue weighted by Gasteiger charge is -2.10. The highest BCUT2D eigenvalue weighted by molar-refractivity contribution is 9.10. The van der Waals surface area contributed by atoms with Gasteiger partial charge in [-0.05, 0) is 46.6 Å². The Morgan fingerprint density at radius 3 is 2.81 bits per heavy atom. The monoisotopic (exact) mass is 348 g/mol. The number of aliphatic hydroxyl groups is 1. The van der Waals surface area contributed by atoms with E-state index in [2.05, 4.69) is 38.5 Å². The number of aliphatic hydroxyl groups excluding tert-OH is 1. The Labute approximate surface area is 131 Å². The van der Waals surface area contributed by atoms with Crippen molar-refractivity contribution in [2.45, 2.75) is 32.4 Å². The fourth-order valence-corrected chi connectivity index (χ4v) is 2.85. The number of furan rings is 1. The third-order valence-electron chi connectivity index (χ3n) is 3.48. The molecule has 0 radical (unpaired) electrons. The van der Waals surface area contributed by atoms with Gasteiger partial charge in [-0.1, -0.05) is 19.1 Å². The summed E-state index contributed by atoms with van der Waals surface area (Å²) in [6.07, 6.45) is 0.772. The largest absolute Gasteiger partial charge is 0.452 e. The Bertz CT molecular complexity index is 748. The fraction of sp³-hybridized carbons (Fsp3) is 0.312. The lowest BCUT2D eigenvalue weighted by atomic mass is 10.2. The molecular weight excluding hydrogens is 332 g/mol. The molecule has 110 valence electrons. The Morgan fingerprint density at radius 2 is 2.10 bits per heavy atom. The maximum Gasteiger partial charge on any atom is 0.169 e. The molecule has 3 rings (SSSR count). The molecule has 0 saturated carbocycles.